The van der Waals surface area contributed by atoms with Gasteiger partial charge < -0.3 is 15.0 Å². The molecule has 3 aromatic carbocycles. The van der Waals surface area contributed by atoms with Gasteiger partial charge in [-0.05, 0) is 53.6 Å². The molecule has 0 unspecified atom stereocenters. The molecule has 11 heteroatoms. The van der Waals surface area contributed by atoms with Crippen molar-refractivity contribution in [2.45, 2.75) is 29.1 Å². The lowest BCUT2D eigenvalue weighted by Gasteiger charge is -2.15. The number of aromatic amines is 1. The van der Waals surface area contributed by atoms with E-state index in [-0.39, 0.29) is 29.7 Å². The van der Waals surface area contributed by atoms with E-state index >= 15 is 0 Å². The number of carbonyl (C=O) groups excluding carboxylic acids is 1. The predicted octanol–water partition coefficient (Wildman–Crippen LogP) is 5.92. The second kappa shape index (κ2) is 10.9. The fourth-order valence-corrected chi connectivity index (χ4v) is 5.46. The first kappa shape index (κ1) is 26.9. The van der Waals surface area contributed by atoms with E-state index in [4.69, 9.17) is 4.74 Å². The van der Waals surface area contributed by atoms with E-state index in [9.17, 15) is 26.4 Å². The number of alkyl halides is 3. The molecule has 7 nitrogen and oxygen atoms in total. The molecule has 0 fully saturated rings. The molecule has 0 aliphatic rings. The Morgan fingerprint density at radius 2 is 1.68 bits per heavy atom. The minimum atomic E-state index is -4.74. The van der Waals surface area contributed by atoms with Gasteiger partial charge >= 0.3 is 6.18 Å². The monoisotopic (exact) mass is 565 g/mol. The van der Waals surface area contributed by atoms with Crippen LogP contribution in [0.15, 0.2) is 107 Å². The first-order valence-corrected chi connectivity index (χ1v) is 13.5. The standard InChI is InChI=1S/C29H22F3N3O4S/c30-29(31,32)22-8-11-26(39-18-20-4-2-1-3-5-20)27(15-22)40(37,38)23-9-6-19(7-10-23)16-34-28(36)25-14-21-17-33-13-12-24(21)35-25/h1-15,17,35H,16,18H2,(H,34,36). The molecule has 40 heavy (non-hydrogen) atoms. The van der Waals surface area contributed by atoms with Crippen molar-refractivity contribution in [3.8, 4) is 5.75 Å². The van der Waals surface area contributed by atoms with Crippen LogP contribution >= 0.6 is 0 Å². The summed E-state index contributed by atoms with van der Waals surface area (Å²) >= 11 is 0. The number of pyridine rings is 1. The van der Waals surface area contributed by atoms with E-state index < -0.39 is 26.5 Å². The minimum absolute atomic E-state index is 0.0275. The van der Waals surface area contributed by atoms with E-state index in [2.05, 4.69) is 15.3 Å². The van der Waals surface area contributed by atoms with Crippen molar-refractivity contribution in [3.63, 3.8) is 0 Å². The van der Waals surface area contributed by atoms with Gasteiger partial charge in [0.05, 0.1) is 10.5 Å². The molecule has 1 amide bonds. The summed E-state index contributed by atoms with van der Waals surface area (Å²) < 4.78 is 72.9. The Bertz CT molecular complexity index is 1740. The highest BCUT2D eigenvalue weighted by Gasteiger charge is 2.34. The van der Waals surface area contributed by atoms with E-state index in [0.29, 0.717) is 17.3 Å². The summed E-state index contributed by atoms with van der Waals surface area (Å²) in [5.41, 5.74) is 1.31. The largest absolute Gasteiger partial charge is 0.488 e. The lowest BCUT2D eigenvalue weighted by molar-refractivity contribution is -0.137. The van der Waals surface area contributed by atoms with Gasteiger partial charge in [-0.25, -0.2) is 8.42 Å². The number of amides is 1. The smallest absolute Gasteiger partial charge is 0.416 e. The van der Waals surface area contributed by atoms with E-state index in [0.717, 1.165) is 28.6 Å². The molecule has 0 atom stereocenters. The number of nitrogens with one attached hydrogen (secondary N) is 2. The zero-order valence-electron chi connectivity index (χ0n) is 20.8. The van der Waals surface area contributed by atoms with Crippen LogP contribution < -0.4 is 10.1 Å². The van der Waals surface area contributed by atoms with Gasteiger partial charge in [0.25, 0.3) is 5.91 Å². The molecular weight excluding hydrogens is 543 g/mol. The molecule has 0 aliphatic carbocycles. The highest BCUT2D eigenvalue weighted by atomic mass is 32.2. The lowest BCUT2D eigenvalue weighted by Crippen LogP contribution is -2.23. The molecule has 0 aliphatic heterocycles. The highest BCUT2D eigenvalue weighted by Crippen LogP contribution is 2.37. The molecule has 0 radical (unpaired) electrons. The summed E-state index contributed by atoms with van der Waals surface area (Å²) in [5.74, 6) is -0.557. The quantitative estimate of drug-likeness (QED) is 0.243. The Labute approximate surface area is 227 Å². The second-order valence-electron chi connectivity index (χ2n) is 8.91. The van der Waals surface area contributed by atoms with Gasteiger partial charge in [0, 0.05) is 29.8 Å². The molecular formula is C29H22F3N3O4S. The van der Waals surface area contributed by atoms with Crippen LogP contribution in [0, 0.1) is 0 Å². The summed E-state index contributed by atoms with van der Waals surface area (Å²) in [6.07, 6.45) is -1.51. The number of rotatable bonds is 8. The summed E-state index contributed by atoms with van der Waals surface area (Å²) in [4.78, 5) is 18.8. The van der Waals surface area contributed by atoms with Gasteiger partial charge in [0.2, 0.25) is 9.84 Å². The van der Waals surface area contributed by atoms with Gasteiger partial charge in [-0.3, -0.25) is 9.78 Å². The number of aromatic nitrogens is 2. The maximum absolute atomic E-state index is 13.5. The Morgan fingerprint density at radius 1 is 0.925 bits per heavy atom. The zero-order chi connectivity index (χ0) is 28.3. The number of sulfone groups is 1. The average Bonchev–Trinajstić information content (AvgIpc) is 3.40. The molecule has 2 aromatic heterocycles. The van der Waals surface area contributed by atoms with Crippen LogP contribution in [0.5, 0.6) is 5.75 Å². The van der Waals surface area contributed by atoms with Crippen LogP contribution in [0.25, 0.3) is 10.9 Å². The number of ether oxygens (including phenoxy) is 1. The van der Waals surface area contributed by atoms with Crippen molar-refractivity contribution < 1.29 is 31.1 Å². The number of fused-ring (bicyclic) bond motifs is 1. The van der Waals surface area contributed by atoms with Crippen molar-refractivity contribution in [2.24, 2.45) is 0 Å². The molecule has 2 N–H and O–H groups in total. The van der Waals surface area contributed by atoms with Crippen molar-refractivity contribution in [2.75, 3.05) is 0 Å². The number of nitrogens with zero attached hydrogens (tertiary/aromatic N) is 1. The third kappa shape index (κ3) is 5.84. The molecule has 0 saturated heterocycles. The Balaban J connectivity index is 1.35. The predicted molar refractivity (Wildman–Crippen MR) is 141 cm³/mol. The SMILES string of the molecule is O=C(NCc1ccc(S(=O)(=O)c2cc(C(F)(F)F)ccc2OCc2ccccc2)cc1)c1cc2cnccc2[nH]1. The Morgan fingerprint density at radius 3 is 2.38 bits per heavy atom. The number of hydrogen-bond donors (Lipinski definition) is 2. The number of carbonyl (C=O) groups is 1. The van der Waals surface area contributed by atoms with Gasteiger partial charge in [-0.15, -0.1) is 0 Å². The Kier molecular flexibility index (Phi) is 7.31. The lowest BCUT2D eigenvalue weighted by atomic mass is 10.2. The molecule has 0 bridgehead atoms. The topological polar surface area (TPSA) is 101 Å². The first-order chi connectivity index (χ1) is 19.1. The first-order valence-electron chi connectivity index (χ1n) is 12.0. The van der Waals surface area contributed by atoms with Crippen molar-refractivity contribution in [3.05, 3.63) is 120 Å². The summed E-state index contributed by atoms with van der Waals surface area (Å²) in [6.45, 7) is 0.0714. The van der Waals surface area contributed by atoms with E-state index in [1.807, 2.05) is 0 Å². The maximum Gasteiger partial charge on any atom is 0.416 e. The van der Waals surface area contributed by atoms with Gasteiger partial charge in [0.1, 0.15) is 22.9 Å². The van der Waals surface area contributed by atoms with Gasteiger partial charge in [-0.2, -0.15) is 13.2 Å². The van der Waals surface area contributed by atoms with Crippen LogP contribution in [-0.4, -0.2) is 24.3 Å². The molecule has 0 spiro atoms. The van der Waals surface area contributed by atoms with E-state index in [1.54, 1.807) is 54.9 Å². The molecule has 204 valence electrons. The van der Waals surface area contributed by atoms with Crippen molar-refractivity contribution >= 4 is 26.6 Å². The van der Waals surface area contributed by atoms with Gasteiger partial charge in [0.15, 0.2) is 0 Å². The van der Waals surface area contributed by atoms with Crippen molar-refractivity contribution in [1.29, 1.82) is 0 Å². The third-order valence-corrected chi connectivity index (χ3v) is 7.94. The molecule has 5 rings (SSSR count). The minimum Gasteiger partial charge on any atom is -0.488 e. The molecule has 2 heterocycles. The normalized spacial score (nSPS) is 11.9. The van der Waals surface area contributed by atoms with Crippen LogP contribution in [0.2, 0.25) is 0 Å². The third-order valence-electron chi connectivity index (χ3n) is 6.15. The number of halogens is 3. The van der Waals surface area contributed by atoms with E-state index in [1.165, 1.54) is 24.3 Å². The highest BCUT2D eigenvalue weighted by molar-refractivity contribution is 7.91. The fraction of sp³-hybridized carbons (Fsp3) is 0.103. The number of benzene rings is 3. The fourth-order valence-electron chi connectivity index (χ4n) is 4.03. The Hall–Kier alpha value is -4.64. The maximum atomic E-state index is 13.5. The van der Waals surface area contributed by atoms with Crippen molar-refractivity contribution in [1.82, 2.24) is 15.3 Å². The van der Waals surface area contributed by atoms with Crippen LogP contribution in [0.1, 0.15) is 27.2 Å². The number of hydrogen-bond acceptors (Lipinski definition) is 5. The zero-order valence-corrected chi connectivity index (χ0v) is 21.6. The average molecular weight is 566 g/mol. The van der Waals surface area contributed by atoms with Gasteiger partial charge in [-0.1, -0.05) is 42.5 Å². The second-order valence-corrected chi connectivity index (χ2v) is 10.8. The molecule has 0 saturated carbocycles. The van der Waals surface area contributed by atoms with Crippen LogP contribution in [0.4, 0.5) is 13.2 Å². The summed E-state index contributed by atoms with van der Waals surface area (Å²) in [5, 5.41) is 3.53. The summed E-state index contributed by atoms with van der Waals surface area (Å²) in [7, 11) is -4.39. The summed E-state index contributed by atoms with van der Waals surface area (Å²) in [6, 6.07) is 20.2. The van der Waals surface area contributed by atoms with Crippen LogP contribution in [0.3, 0.4) is 0 Å². The van der Waals surface area contributed by atoms with Crippen LogP contribution in [-0.2, 0) is 29.2 Å². The molecule has 5 aromatic rings. The number of H-pyrrole nitrogens is 1.